The van der Waals surface area contributed by atoms with Crippen molar-refractivity contribution < 1.29 is 4.57 Å². The van der Waals surface area contributed by atoms with Crippen molar-refractivity contribution in [1.29, 1.82) is 0 Å². The normalized spacial score (nSPS) is 12.2. The summed E-state index contributed by atoms with van der Waals surface area (Å²) in [7, 11) is 2.16. The van der Waals surface area contributed by atoms with E-state index in [2.05, 4.69) is 90.4 Å². The standard InChI is InChI=1S/C25H33N2/c1-16(2)11-19-9-10-22-23(13-19)27(8)24(15-26-22)21-14-20(25(5,6)7)12-17(3)18(21)4/h9-10,12-16H,11H2,1-8H3/q+1. The minimum Gasteiger partial charge on any atom is -0.243 e. The van der Waals surface area contributed by atoms with E-state index in [1.807, 2.05) is 6.20 Å². The molecule has 0 atom stereocenters. The van der Waals surface area contributed by atoms with Gasteiger partial charge in [-0.15, -0.1) is 0 Å². The van der Waals surface area contributed by atoms with Gasteiger partial charge in [0, 0.05) is 6.07 Å². The van der Waals surface area contributed by atoms with Crippen LogP contribution in [0.4, 0.5) is 0 Å². The smallest absolute Gasteiger partial charge is 0.231 e. The minimum absolute atomic E-state index is 0.125. The average molecular weight is 362 g/mol. The number of fused-ring (bicyclic) bond motifs is 1. The molecule has 142 valence electrons. The highest BCUT2D eigenvalue weighted by Gasteiger charge is 2.22. The zero-order valence-corrected chi connectivity index (χ0v) is 18.1. The lowest BCUT2D eigenvalue weighted by molar-refractivity contribution is -0.634. The fourth-order valence-electron chi connectivity index (χ4n) is 3.70. The van der Waals surface area contributed by atoms with Gasteiger partial charge in [-0.3, -0.25) is 0 Å². The van der Waals surface area contributed by atoms with Crippen LogP contribution in [-0.2, 0) is 18.9 Å². The van der Waals surface area contributed by atoms with Crippen LogP contribution in [0.3, 0.4) is 0 Å². The summed E-state index contributed by atoms with van der Waals surface area (Å²) in [5, 5.41) is 0. The second-order valence-corrected chi connectivity index (χ2v) is 9.34. The van der Waals surface area contributed by atoms with Crippen molar-refractivity contribution in [1.82, 2.24) is 4.98 Å². The first-order valence-electron chi connectivity index (χ1n) is 9.97. The van der Waals surface area contributed by atoms with Gasteiger partial charge in [0.1, 0.15) is 18.8 Å². The third-order valence-electron chi connectivity index (χ3n) is 5.54. The summed E-state index contributed by atoms with van der Waals surface area (Å²) in [4.78, 5) is 4.78. The lowest BCUT2D eigenvalue weighted by Gasteiger charge is -2.22. The van der Waals surface area contributed by atoms with Gasteiger partial charge in [-0.05, 0) is 66.0 Å². The van der Waals surface area contributed by atoms with E-state index < -0.39 is 0 Å². The maximum absolute atomic E-state index is 4.78. The summed E-state index contributed by atoms with van der Waals surface area (Å²) in [5.41, 5.74) is 10.3. The zero-order chi connectivity index (χ0) is 19.9. The van der Waals surface area contributed by atoms with E-state index in [4.69, 9.17) is 4.98 Å². The van der Waals surface area contributed by atoms with Crippen molar-refractivity contribution in [2.24, 2.45) is 13.0 Å². The Balaban J connectivity index is 2.23. The molecule has 3 aromatic rings. The number of hydrogen-bond donors (Lipinski definition) is 0. The number of aromatic nitrogens is 2. The fraction of sp³-hybridized carbons (Fsp3) is 0.440. The van der Waals surface area contributed by atoms with Crippen LogP contribution in [0.15, 0.2) is 36.5 Å². The molecule has 0 unspecified atom stereocenters. The molecule has 0 spiro atoms. The predicted molar refractivity (Wildman–Crippen MR) is 115 cm³/mol. The Bertz CT molecular complexity index is 991. The number of aryl methyl sites for hydroxylation is 2. The van der Waals surface area contributed by atoms with Crippen molar-refractivity contribution in [2.45, 2.75) is 60.3 Å². The number of hydrogen-bond acceptors (Lipinski definition) is 1. The molecule has 0 saturated carbocycles. The number of benzene rings is 2. The second kappa shape index (κ2) is 7.07. The van der Waals surface area contributed by atoms with Gasteiger partial charge < -0.3 is 0 Å². The van der Waals surface area contributed by atoms with Crippen LogP contribution in [0.2, 0.25) is 0 Å². The largest absolute Gasteiger partial charge is 0.243 e. The molecule has 0 bridgehead atoms. The molecule has 2 nitrogen and oxygen atoms in total. The topological polar surface area (TPSA) is 16.8 Å². The molecule has 1 heterocycles. The molecule has 0 aliphatic heterocycles. The van der Waals surface area contributed by atoms with Crippen LogP contribution in [0, 0.1) is 19.8 Å². The molecule has 1 aromatic heterocycles. The van der Waals surface area contributed by atoms with E-state index in [1.54, 1.807) is 0 Å². The van der Waals surface area contributed by atoms with Crippen molar-refractivity contribution in [3.05, 3.63) is 58.8 Å². The lowest BCUT2D eigenvalue weighted by Crippen LogP contribution is -2.33. The van der Waals surface area contributed by atoms with Crippen molar-refractivity contribution in [3.8, 4) is 11.3 Å². The molecule has 2 aromatic carbocycles. The third-order valence-corrected chi connectivity index (χ3v) is 5.54. The van der Waals surface area contributed by atoms with E-state index in [0.717, 1.165) is 11.9 Å². The Morgan fingerprint density at radius 2 is 1.74 bits per heavy atom. The maximum Gasteiger partial charge on any atom is 0.231 e. The van der Waals surface area contributed by atoms with Gasteiger partial charge in [-0.1, -0.05) is 46.8 Å². The highest BCUT2D eigenvalue weighted by molar-refractivity contribution is 5.74. The van der Waals surface area contributed by atoms with Crippen LogP contribution in [0.5, 0.6) is 0 Å². The third kappa shape index (κ3) is 3.90. The van der Waals surface area contributed by atoms with Crippen molar-refractivity contribution in [2.75, 3.05) is 0 Å². The van der Waals surface area contributed by atoms with Crippen LogP contribution in [-0.4, -0.2) is 4.98 Å². The van der Waals surface area contributed by atoms with E-state index in [0.29, 0.717) is 5.92 Å². The summed E-state index contributed by atoms with van der Waals surface area (Å²) in [6, 6.07) is 11.4. The highest BCUT2D eigenvalue weighted by atomic mass is 15.0. The monoisotopic (exact) mass is 361 g/mol. The van der Waals surface area contributed by atoms with Gasteiger partial charge in [0.2, 0.25) is 11.2 Å². The second-order valence-electron chi connectivity index (χ2n) is 9.34. The SMILES string of the molecule is Cc1cc(C(C)(C)C)cc(-c2cnc3ccc(CC(C)C)cc3[n+]2C)c1C. The van der Waals surface area contributed by atoms with Crippen LogP contribution in [0.1, 0.15) is 56.9 Å². The zero-order valence-electron chi connectivity index (χ0n) is 18.1. The summed E-state index contributed by atoms with van der Waals surface area (Å²) >= 11 is 0. The Labute approximate surface area is 164 Å². The minimum atomic E-state index is 0.125. The Kier molecular flexibility index (Phi) is 5.12. The van der Waals surface area contributed by atoms with Crippen LogP contribution in [0.25, 0.3) is 22.3 Å². The van der Waals surface area contributed by atoms with E-state index >= 15 is 0 Å². The van der Waals surface area contributed by atoms with Crippen molar-refractivity contribution >= 4 is 11.0 Å². The molecule has 3 rings (SSSR count). The molecular weight excluding hydrogens is 328 g/mol. The Morgan fingerprint density at radius 3 is 2.37 bits per heavy atom. The van der Waals surface area contributed by atoms with Gasteiger partial charge in [0.05, 0.1) is 5.56 Å². The first-order valence-corrected chi connectivity index (χ1v) is 9.97. The van der Waals surface area contributed by atoms with Crippen molar-refractivity contribution in [3.63, 3.8) is 0 Å². The quantitative estimate of drug-likeness (QED) is 0.536. The molecule has 0 fully saturated rings. The summed E-state index contributed by atoms with van der Waals surface area (Å²) in [6.45, 7) is 15.8. The molecule has 0 amide bonds. The first-order chi connectivity index (χ1) is 12.6. The van der Waals surface area contributed by atoms with Crippen LogP contribution < -0.4 is 4.57 Å². The first kappa shape index (κ1) is 19.5. The highest BCUT2D eigenvalue weighted by Crippen LogP contribution is 2.31. The summed E-state index contributed by atoms with van der Waals surface area (Å²) in [6.07, 6.45) is 3.12. The molecule has 0 aliphatic rings. The summed E-state index contributed by atoms with van der Waals surface area (Å²) < 4.78 is 2.31. The fourth-order valence-corrected chi connectivity index (χ4v) is 3.70. The maximum atomic E-state index is 4.78. The van der Waals surface area contributed by atoms with E-state index in [1.165, 1.54) is 39.0 Å². The molecule has 0 saturated heterocycles. The van der Waals surface area contributed by atoms with Gasteiger partial charge in [0.25, 0.3) is 0 Å². The van der Waals surface area contributed by atoms with Gasteiger partial charge >= 0.3 is 0 Å². The van der Waals surface area contributed by atoms with Gasteiger partial charge in [-0.25, -0.2) is 4.98 Å². The molecule has 0 aliphatic carbocycles. The Morgan fingerprint density at radius 1 is 1.04 bits per heavy atom. The molecule has 0 N–H and O–H groups in total. The summed E-state index contributed by atoms with van der Waals surface area (Å²) in [5.74, 6) is 0.650. The van der Waals surface area contributed by atoms with E-state index in [9.17, 15) is 0 Å². The van der Waals surface area contributed by atoms with Gasteiger partial charge in [-0.2, -0.15) is 4.57 Å². The average Bonchev–Trinajstić information content (AvgIpc) is 2.57. The van der Waals surface area contributed by atoms with E-state index in [-0.39, 0.29) is 5.41 Å². The molecule has 27 heavy (non-hydrogen) atoms. The molecule has 0 radical (unpaired) electrons. The predicted octanol–water partition coefficient (Wildman–Crippen LogP) is 5.84. The van der Waals surface area contributed by atoms with Crippen LogP contribution >= 0.6 is 0 Å². The number of nitrogens with zero attached hydrogens (tertiary/aromatic N) is 2. The Hall–Kier alpha value is -2.22. The van der Waals surface area contributed by atoms with Gasteiger partial charge in [0.15, 0.2) is 0 Å². The molecule has 2 heteroatoms. The lowest BCUT2D eigenvalue weighted by atomic mass is 9.83. The number of rotatable bonds is 3. The molecular formula is C25H33N2+.